The van der Waals surface area contributed by atoms with E-state index >= 15 is 0 Å². The molecule has 0 amide bonds. The van der Waals surface area contributed by atoms with Gasteiger partial charge in [-0.3, -0.25) is 0 Å². The molecule has 2 N–H and O–H groups in total. The molecule has 0 bridgehead atoms. The van der Waals surface area contributed by atoms with Gasteiger partial charge in [0.1, 0.15) is 0 Å². The van der Waals surface area contributed by atoms with E-state index in [0.29, 0.717) is 0 Å². The quantitative estimate of drug-likeness (QED) is 0.767. The van der Waals surface area contributed by atoms with Gasteiger partial charge in [0.15, 0.2) is 0 Å². The molecule has 15 heavy (non-hydrogen) atoms. The number of nitrogen functional groups attached to an aromatic ring is 1. The van der Waals surface area contributed by atoms with Gasteiger partial charge in [-0.25, -0.2) is 0 Å². The van der Waals surface area contributed by atoms with E-state index in [-0.39, 0.29) is 0 Å². The topological polar surface area (TPSA) is 29.3 Å². The van der Waals surface area contributed by atoms with Gasteiger partial charge in [-0.05, 0) is 42.9 Å². The fourth-order valence-corrected chi connectivity index (χ4v) is 2.13. The maximum absolute atomic E-state index is 6.01. The molecule has 2 rings (SSSR count). The van der Waals surface area contributed by atoms with Gasteiger partial charge >= 0.3 is 0 Å². The van der Waals surface area contributed by atoms with Crippen molar-refractivity contribution in [1.29, 1.82) is 0 Å². The summed E-state index contributed by atoms with van der Waals surface area (Å²) in [4.78, 5) is 2.28. The van der Waals surface area contributed by atoms with Crippen molar-refractivity contribution >= 4 is 11.4 Å². The molecule has 2 heteroatoms. The predicted octanol–water partition coefficient (Wildman–Crippen LogP) is 2.67. The zero-order valence-corrected chi connectivity index (χ0v) is 9.83. The number of nitrogens with zero attached hydrogens (tertiary/aromatic N) is 1. The number of benzene rings is 1. The number of hydrogen-bond donors (Lipinski definition) is 1. The fraction of sp³-hybridized carbons (Fsp3) is 0.538. The van der Waals surface area contributed by atoms with Gasteiger partial charge in [0.05, 0.1) is 11.4 Å². The van der Waals surface area contributed by atoms with Crippen LogP contribution in [0.1, 0.15) is 18.9 Å². The van der Waals surface area contributed by atoms with Gasteiger partial charge in [-0.1, -0.05) is 13.0 Å². The van der Waals surface area contributed by atoms with E-state index in [4.69, 9.17) is 5.73 Å². The molecule has 1 aliphatic rings. The fourth-order valence-electron chi connectivity index (χ4n) is 2.13. The van der Waals surface area contributed by atoms with Gasteiger partial charge < -0.3 is 10.6 Å². The Bertz CT molecular complexity index is 360. The Kier molecular flexibility index (Phi) is 2.59. The third-order valence-electron chi connectivity index (χ3n) is 3.38. The summed E-state index contributed by atoms with van der Waals surface area (Å²) in [5.41, 5.74) is 9.30. The van der Waals surface area contributed by atoms with Crippen LogP contribution in [0.2, 0.25) is 0 Å². The Morgan fingerprint density at radius 2 is 2.13 bits per heavy atom. The molecule has 2 atom stereocenters. The van der Waals surface area contributed by atoms with Gasteiger partial charge in [-0.2, -0.15) is 0 Å². The highest BCUT2D eigenvalue weighted by Gasteiger charge is 2.33. The molecular formula is C13H20N2. The van der Waals surface area contributed by atoms with Gasteiger partial charge in [-0.15, -0.1) is 0 Å². The van der Waals surface area contributed by atoms with E-state index in [9.17, 15) is 0 Å². The number of hydrogen-bond acceptors (Lipinski definition) is 2. The molecular weight excluding hydrogens is 184 g/mol. The number of nitrogens with two attached hydrogens (primary N) is 1. The van der Waals surface area contributed by atoms with Crippen LogP contribution >= 0.6 is 0 Å². The molecule has 1 aromatic carbocycles. The smallest absolute Gasteiger partial charge is 0.0597 e. The van der Waals surface area contributed by atoms with Crippen molar-refractivity contribution < 1.29 is 0 Å². The van der Waals surface area contributed by atoms with E-state index < -0.39 is 0 Å². The average molecular weight is 204 g/mol. The Morgan fingerprint density at radius 3 is 2.67 bits per heavy atom. The maximum atomic E-state index is 6.01. The highest BCUT2D eigenvalue weighted by molar-refractivity contribution is 5.68. The Hall–Kier alpha value is -1.18. The van der Waals surface area contributed by atoms with Crippen LogP contribution in [0, 0.1) is 18.8 Å². The van der Waals surface area contributed by atoms with Crippen molar-refractivity contribution in [2.45, 2.75) is 20.3 Å². The molecule has 1 aliphatic carbocycles. The van der Waals surface area contributed by atoms with Crippen molar-refractivity contribution in [1.82, 2.24) is 0 Å². The van der Waals surface area contributed by atoms with E-state index in [1.807, 2.05) is 6.07 Å². The SMILES string of the molecule is Cc1ccc(N(C)CC2CC2C)c(N)c1. The molecule has 0 spiro atoms. The summed E-state index contributed by atoms with van der Waals surface area (Å²) in [5.74, 6) is 1.77. The van der Waals surface area contributed by atoms with Gasteiger partial charge in [0.2, 0.25) is 0 Å². The second-order valence-electron chi connectivity index (χ2n) is 4.92. The van der Waals surface area contributed by atoms with Crippen LogP contribution in [0.15, 0.2) is 18.2 Å². The zero-order valence-electron chi connectivity index (χ0n) is 9.83. The molecule has 1 fully saturated rings. The summed E-state index contributed by atoms with van der Waals surface area (Å²) >= 11 is 0. The minimum absolute atomic E-state index is 0.871. The third kappa shape index (κ3) is 2.25. The second-order valence-corrected chi connectivity index (χ2v) is 4.92. The predicted molar refractivity (Wildman–Crippen MR) is 66.1 cm³/mol. The summed E-state index contributed by atoms with van der Waals surface area (Å²) in [6.07, 6.45) is 1.37. The van der Waals surface area contributed by atoms with Crippen molar-refractivity contribution in [2.75, 3.05) is 24.2 Å². The molecule has 2 unspecified atom stereocenters. The molecule has 0 aromatic heterocycles. The lowest BCUT2D eigenvalue weighted by atomic mass is 10.1. The van der Waals surface area contributed by atoms with E-state index in [2.05, 4.69) is 37.9 Å². The van der Waals surface area contributed by atoms with E-state index in [1.165, 1.54) is 17.7 Å². The first-order valence-corrected chi connectivity index (χ1v) is 5.65. The molecule has 0 radical (unpaired) electrons. The molecule has 0 heterocycles. The van der Waals surface area contributed by atoms with Crippen molar-refractivity contribution in [3.63, 3.8) is 0 Å². The van der Waals surface area contributed by atoms with Crippen LogP contribution in [0.5, 0.6) is 0 Å². The Morgan fingerprint density at radius 1 is 1.47 bits per heavy atom. The maximum Gasteiger partial charge on any atom is 0.0597 e. The van der Waals surface area contributed by atoms with Crippen LogP contribution < -0.4 is 10.6 Å². The van der Waals surface area contributed by atoms with Crippen molar-refractivity contribution in [2.24, 2.45) is 11.8 Å². The standard InChI is InChI=1S/C13H20N2/c1-9-4-5-13(12(14)6-9)15(3)8-11-7-10(11)2/h4-6,10-11H,7-8,14H2,1-3H3. The Balaban J connectivity index is 2.07. The lowest BCUT2D eigenvalue weighted by molar-refractivity contribution is 0.726. The van der Waals surface area contributed by atoms with Crippen LogP contribution in [0.25, 0.3) is 0 Å². The first-order chi connectivity index (χ1) is 7.08. The molecule has 0 saturated heterocycles. The summed E-state index contributed by atoms with van der Waals surface area (Å²) in [7, 11) is 2.13. The van der Waals surface area contributed by atoms with Gasteiger partial charge in [0.25, 0.3) is 0 Å². The van der Waals surface area contributed by atoms with Crippen LogP contribution in [0.4, 0.5) is 11.4 Å². The van der Waals surface area contributed by atoms with Crippen LogP contribution in [-0.2, 0) is 0 Å². The first kappa shape index (κ1) is 10.3. The monoisotopic (exact) mass is 204 g/mol. The minimum Gasteiger partial charge on any atom is -0.397 e. The van der Waals surface area contributed by atoms with E-state index in [0.717, 1.165) is 24.1 Å². The molecule has 1 aromatic rings. The minimum atomic E-state index is 0.871. The lowest BCUT2D eigenvalue weighted by Crippen LogP contribution is -2.21. The Labute approximate surface area is 92.1 Å². The molecule has 0 aliphatic heterocycles. The summed E-state index contributed by atoms with van der Waals surface area (Å²) < 4.78 is 0. The normalized spacial score (nSPS) is 23.9. The highest BCUT2D eigenvalue weighted by Crippen LogP contribution is 2.39. The third-order valence-corrected chi connectivity index (χ3v) is 3.38. The number of rotatable bonds is 3. The summed E-state index contributed by atoms with van der Waals surface area (Å²) in [5, 5.41) is 0. The summed E-state index contributed by atoms with van der Waals surface area (Å²) in [6.45, 7) is 5.52. The zero-order chi connectivity index (χ0) is 11.0. The summed E-state index contributed by atoms with van der Waals surface area (Å²) in [6, 6.07) is 6.29. The number of aryl methyl sites for hydroxylation is 1. The van der Waals surface area contributed by atoms with Crippen LogP contribution in [0.3, 0.4) is 0 Å². The highest BCUT2D eigenvalue weighted by atomic mass is 15.1. The molecule has 2 nitrogen and oxygen atoms in total. The van der Waals surface area contributed by atoms with Gasteiger partial charge in [0, 0.05) is 13.6 Å². The lowest BCUT2D eigenvalue weighted by Gasteiger charge is -2.21. The second kappa shape index (κ2) is 3.76. The van der Waals surface area contributed by atoms with Crippen molar-refractivity contribution in [3.05, 3.63) is 23.8 Å². The molecule has 82 valence electrons. The largest absolute Gasteiger partial charge is 0.397 e. The van der Waals surface area contributed by atoms with E-state index in [1.54, 1.807) is 0 Å². The molecule has 1 saturated carbocycles. The van der Waals surface area contributed by atoms with Crippen LogP contribution in [-0.4, -0.2) is 13.6 Å². The first-order valence-electron chi connectivity index (χ1n) is 5.65. The van der Waals surface area contributed by atoms with Crippen molar-refractivity contribution in [3.8, 4) is 0 Å². The average Bonchev–Trinajstić information content (AvgIpc) is 2.81. The number of anilines is 2.